The second-order valence-electron chi connectivity index (χ2n) is 4.42. The molecule has 2 N–H and O–H groups in total. The third-order valence-electron chi connectivity index (χ3n) is 2.79. The molecule has 0 heterocycles. The monoisotopic (exact) mass is 303 g/mol. The molecular weight excluding hydrogens is 283 g/mol. The Balaban J connectivity index is 2.49. The van der Waals surface area contributed by atoms with Gasteiger partial charge in [0.25, 0.3) is 0 Å². The molecule has 0 aliphatic carbocycles. The topological polar surface area (TPSA) is 45.7 Å². The summed E-state index contributed by atoms with van der Waals surface area (Å²) < 4.78 is 41.4. The second-order valence-corrected chi connectivity index (χ2v) is 4.42. The van der Waals surface area contributed by atoms with Crippen LogP contribution in [0, 0.1) is 0 Å². The Bertz CT molecular complexity index is 461. The van der Waals surface area contributed by atoms with Gasteiger partial charge < -0.3 is 15.4 Å². The van der Waals surface area contributed by atoms with Gasteiger partial charge >= 0.3 is 6.18 Å². The number of alkyl halides is 3. The lowest BCUT2D eigenvalue weighted by molar-refractivity contribution is -0.132. The summed E-state index contributed by atoms with van der Waals surface area (Å²) >= 11 is 0. The van der Waals surface area contributed by atoms with Gasteiger partial charge in [0.1, 0.15) is 0 Å². The van der Waals surface area contributed by atoms with Crippen LogP contribution in [-0.2, 0) is 17.9 Å². The van der Waals surface area contributed by atoms with E-state index in [1.54, 1.807) is 7.11 Å². The summed E-state index contributed by atoms with van der Waals surface area (Å²) in [5, 5.41) is 5.62. The molecule has 1 aromatic rings. The van der Waals surface area contributed by atoms with Crippen LogP contribution in [0.3, 0.4) is 0 Å². The fourth-order valence-electron chi connectivity index (χ4n) is 1.75. The minimum Gasteiger partial charge on any atom is -0.380 e. The quantitative estimate of drug-likeness (QED) is 0.627. The maximum absolute atomic E-state index is 12.1. The van der Waals surface area contributed by atoms with E-state index in [0.29, 0.717) is 19.1 Å². The SMILES string of the molecule is CN=C(NCCC(F)(F)F)NCc1ccccc1COC. The van der Waals surface area contributed by atoms with Crippen molar-refractivity contribution in [1.29, 1.82) is 0 Å². The number of hydrogen-bond acceptors (Lipinski definition) is 2. The predicted molar refractivity (Wildman–Crippen MR) is 76.0 cm³/mol. The predicted octanol–water partition coefficient (Wildman–Crippen LogP) is 2.45. The van der Waals surface area contributed by atoms with E-state index >= 15 is 0 Å². The van der Waals surface area contributed by atoms with Gasteiger partial charge in [0.05, 0.1) is 13.0 Å². The van der Waals surface area contributed by atoms with Crippen LogP contribution in [0.25, 0.3) is 0 Å². The highest BCUT2D eigenvalue weighted by molar-refractivity contribution is 5.79. The highest BCUT2D eigenvalue weighted by atomic mass is 19.4. The number of guanidine groups is 1. The van der Waals surface area contributed by atoms with Crippen molar-refractivity contribution >= 4 is 5.96 Å². The molecule has 0 amide bonds. The van der Waals surface area contributed by atoms with Crippen molar-refractivity contribution in [3.05, 3.63) is 35.4 Å². The van der Waals surface area contributed by atoms with Crippen molar-refractivity contribution in [3.8, 4) is 0 Å². The third kappa shape index (κ3) is 6.99. The summed E-state index contributed by atoms with van der Waals surface area (Å²) in [6, 6.07) is 7.69. The zero-order valence-corrected chi connectivity index (χ0v) is 12.1. The van der Waals surface area contributed by atoms with Crippen molar-refractivity contribution in [2.45, 2.75) is 25.7 Å². The average molecular weight is 303 g/mol. The number of hydrogen-bond donors (Lipinski definition) is 2. The second kappa shape index (κ2) is 8.51. The van der Waals surface area contributed by atoms with Crippen molar-refractivity contribution in [3.63, 3.8) is 0 Å². The Hall–Kier alpha value is -1.76. The summed E-state index contributed by atoms with van der Waals surface area (Å²) in [5.41, 5.74) is 2.04. The molecule has 1 aromatic carbocycles. The highest BCUT2D eigenvalue weighted by Crippen LogP contribution is 2.18. The number of halogens is 3. The third-order valence-corrected chi connectivity index (χ3v) is 2.79. The molecular formula is C14H20F3N3O. The molecule has 7 heteroatoms. The van der Waals surface area contributed by atoms with E-state index in [0.717, 1.165) is 11.1 Å². The molecule has 0 aromatic heterocycles. The lowest BCUT2D eigenvalue weighted by atomic mass is 10.1. The summed E-state index contributed by atoms with van der Waals surface area (Å²) in [5.74, 6) is 0.339. The maximum atomic E-state index is 12.1. The number of nitrogens with zero attached hydrogens (tertiary/aromatic N) is 1. The molecule has 0 bridgehead atoms. The van der Waals surface area contributed by atoms with Gasteiger partial charge in [-0.15, -0.1) is 0 Å². The molecule has 0 aliphatic rings. The van der Waals surface area contributed by atoms with Gasteiger partial charge in [0.15, 0.2) is 5.96 Å². The first kappa shape index (κ1) is 17.3. The van der Waals surface area contributed by atoms with E-state index in [1.165, 1.54) is 7.05 Å². The molecule has 21 heavy (non-hydrogen) atoms. The van der Waals surface area contributed by atoms with E-state index in [9.17, 15) is 13.2 Å². The average Bonchev–Trinajstić information content (AvgIpc) is 2.43. The smallest absolute Gasteiger partial charge is 0.380 e. The molecule has 1 rings (SSSR count). The number of methoxy groups -OCH3 is 1. The van der Waals surface area contributed by atoms with E-state index in [-0.39, 0.29) is 6.54 Å². The van der Waals surface area contributed by atoms with Crippen molar-refractivity contribution in [2.75, 3.05) is 20.7 Å². The van der Waals surface area contributed by atoms with Crippen LogP contribution in [0.4, 0.5) is 13.2 Å². The van der Waals surface area contributed by atoms with Crippen molar-refractivity contribution in [2.24, 2.45) is 4.99 Å². The molecule has 0 radical (unpaired) electrons. The van der Waals surface area contributed by atoms with Gasteiger partial charge in [-0.25, -0.2) is 0 Å². The molecule has 0 fully saturated rings. The minimum atomic E-state index is -4.17. The molecule has 0 spiro atoms. The van der Waals surface area contributed by atoms with Gasteiger partial charge in [-0.1, -0.05) is 24.3 Å². The van der Waals surface area contributed by atoms with Crippen LogP contribution in [0.2, 0.25) is 0 Å². The first-order chi connectivity index (χ1) is 9.96. The molecule has 0 saturated heterocycles. The molecule has 0 unspecified atom stereocenters. The van der Waals surface area contributed by atoms with Gasteiger partial charge in [-0.3, -0.25) is 4.99 Å². The van der Waals surface area contributed by atoms with Crippen LogP contribution in [0.1, 0.15) is 17.5 Å². The Morgan fingerprint density at radius 2 is 1.86 bits per heavy atom. The van der Waals surface area contributed by atoms with Gasteiger partial charge in [-0.05, 0) is 11.1 Å². The van der Waals surface area contributed by atoms with E-state index in [2.05, 4.69) is 15.6 Å². The molecule has 118 valence electrons. The van der Waals surface area contributed by atoms with Crippen molar-refractivity contribution < 1.29 is 17.9 Å². The maximum Gasteiger partial charge on any atom is 0.390 e. The molecule has 0 saturated carbocycles. The van der Waals surface area contributed by atoms with E-state index in [1.807, 2.05) is 24.3 Å². The summed E-state index contributed by atoms with van der Waals surface area (Å²) in [6.45, 7) is 0.742. The molecule has 4 nitrogen and oxygen atoms in total. The lowest BCUT2D eigenvalue weighted by Gasteiger charge is -2.14. The van der Waals surface area contributed by atoms with Crippen LogP contribution in [-0.4, -0.2) is 32.8 Å². The fourth-order valence-corrected chi connectivity index (χ4v) is 1.75. The summed E-state index contributed by atoms with van der Waals surface area (Å²) in [7, 11) is 3.13. The van der Waals surface area contributed by atoms with Crippen LogP contribution in [0.5, 0.6) is 0 Å². The zero-order valence-electron chi connectivity index (χ0n) is 12.1. The van der Waals surface area contributed by atoms with Crippen molar-refractivity contribution in [1.82, 2.24) is 10.6 Å². The number of rotatable bonds is 6. The van der Waals surface area contributed by atoms with Crippen LogP contribution >= 0.6 is 0 Å². The first-order valence-electron chi connectivity index (χ1n) is 6.53. The Morgan fingerprint density at radius 1 is 1.19 bits per heavy atom. The van der Waals surface area contributed by atoms with E-state index in [4.69, 9.17) is 4.74 Å². The number of nitrogens with one attached hydrogen (secondary N) is 2. The number of aliphatic imine (C=N–C) groups is 1. The fraction of sp³-hybridized carbons (Fsp3) is 0.500. The first-order valence-corrected chi connectivity index (χ1v) is 6.53. The largest absolute Gasteiger partial charge is 0.390 e. The zero-order chi connectivity index (χ0) is 15.7. The Morgan fingerprint density at radius 3 is 2.43 bits per heavy atom. The van der Waals surface area contributed by atoms with Gasteiger partial charge in [0.2, 0.25) is 0 Å². The van der Waals surface area contributed by atoms with Gasteiger partial charge in [0, 0.05) is 27.2 Å². The number of benzene rings is 1. The highest BCUT2D eigenvalue weighted by Gasteiger charge is 2.26. The number of ether oxygens (including phenoxy) is 1. The van der Waals surface area contributed by atoms with Crippen LogP contribution in [0.15, 0.2) is 29.3 Å². The van der Waals surface area contributed by atoms with Gasteiger partial charge in [-0.2, -0.15) is 13.2 Å². The van der Waals surface area contributed by atoms with Crippen LogP contribution < -0.4 is 10.6 Å². The summed E-state index contributed by atoms with van der Waals surface area (Å²) in [4.78, 5) is 3.89. The summed E-state index contributed by atoms with van der Waals surface area (Å²) in [6.07, 6.45) is -5.06. The Kier molecular flexibility index (Phi) is 7.01. The van der Waals surface area contributed by atoms with E-state index < -0.39 is 12.6 Å². The lowest BCUT2D eigenvalue weighted by Crippen LogP contribution is -2.38. The minimum absolute atomic E-state index is 0.205. The Labute approximate surface area is 122 Å². The normalized spacial score (nSPS) is 12.3. The molecule has 0 aliphatic heterocycles. The molecule has 0 atom stereocenters. The standard InChI is InChI=1S/C14H20F3N3O/c1-18-13(19-8-7-14(15,16)17)20-9-11-5-3-4-6-12(11)10-21-2/h3-6H,7-10H2,1-2H3,(H2,18,19,20).